The Labute approximate surface area is 181 Å². The number of benzene rings is 2. The Morgan fingerprint density at radius 2 is 1.72 bits per heavy atom. The zero-order chi connectivity index (χ0) is 21.2. The molecule has 0 spiro atoms. The summed E-state index contributed by atoms with van der Waals surface area (Å²) in [6.45, 7) is 7.09. The molecule has 1 saturated heterocycles. The van der Waals surface area contributed by atoms with Crippen LogP contribution in [0.25, 0.3) is 0 Å². The highest BCUT2D eigenvalue weighted by atomic mass is 79.9. The van der Waals surface area contributed by atoms with Crippen molar-refractivity contribution in [2.75, 3.05) is 13.1 Å². The van der Waals surface area contributed by atoms with E-state index in [1.807, 2.05) is 31.2 Å². The molecule has 3 rings (SSSR count). The largest absolute Gasteiger partial charge is 0.346 e. The van der Waals surface area contributed by atoms with E-state index in [0.29, 0.717) is 30.5 Å². The van der Waals surface area contributed by atoms with Gasteiger partial charge in [0.1, 0.15) is 0 Å². The van der Waals surface area contributed by atoms with Crippen LogP contribution in [0.4, 0.5) is 0 Å². The van der Waals surface area contributed by atoms with Gasteiger partial charge in [0.05, 0.1) is 10.9 Å². The molecule has 1 fully saturated rings. The van der Waals surface area contributed by atoms with E-state index in [9.17, 15) is 13.2 Å². The Morgan fingerprint density at radius 1 is 1.10 bits per heavy atom. The van der Waals surface area contributed by atoms with E-state index in [0.717, 1.165) is 16.5 Å². The van der Waals surface area contributed by atoms with Crippen LogP contribution in [0.5, 0.6) is 0 Å². The molecule has 1 aliphatic heterocycles. The predicted molar refractivity (Wildman–Crippen MR) is 118 cm³/mol. The number of hydrogen-bond donors (Lipinski definition) is 1. The van der Waals surface area contributed by atoms with Gasteiger partial charge in [0.2, 0.25) is 10.0 Å². The maximum atomic E-state index is 13.1. The van der Waals surface area contributed by atoms with Gasteiger partial charge in [0.25, 0.3) is 5.91 Å². The van der Waals surface area contributed by atoms with Crippen molar-refractivity contribution in [1.82, 2.24) is 9.62 Å². The summed E-state index contributed by atoms with van der Waals surface area (Å²) in [6.07, 6.45) is 1.03. The number of carbonyl (C=O) groups excluding carboxylic acids is 1. The molecule has 0 bridgehead atoms. The van der Waals surface area contributed by atoms with Gasteiger partial charge in [-0.05, 0) is 61.1 Å². The Kier molecular flexibility index (Phi) is 6.81. The van der Waals surface area contributed by atoms with Crippen LogP contribution in [-0.4, -0.2) is 31.7 Å². The summed E-state index contributed by atoms with van der Waals surface area (Å²) in [5, 5.41) is 2.94. The van der Waals surface area contributed by atoms with Gasteiger partial charge in [-0.15, -0.1) is 0 Å². The number of nitrogens with zero attached hydrogens (tertiary/aromatic N) is 1. The molecule has 1 aliphatic rings. The van der Waals surface area contributed by atoms with Crippen LogP contribution in [0.1, 0.15) is 49.2 Å². The maximum Gasteiger partial charge on any atom is 0.251 e. The number of rotatable bonds is 5. The van der Waals surface area contributed by atoms with Gasteiger partial charge < -0.3 is 5.32 Å². The average Bonchev–Trinajstić information content (AvgIpc) is 2.67. The van der Waals surface area contributed by atoms with Gasteiger partial charge in [-0.2, -0.15) is 4.31 Å². The van der Waals surface area contributed by atoms with E-state index in [-0.39, 0.29) is 16.8 Å². The molecule has 3 atom stereocenters. The summed E-state index contributed by atoms with van der Waals surface area (Å²) in [6, 6.07) is 13.8. The first kappa shape index (κ1) is 22.0. The van der Waals surface area contributed by atoms with Crippen molar-refractivity contribution in [1.29, 1.82) is 0 Å². The Morgan fingerprint density at radius 3 is 2.34 bits per heavy atom. The standard InChI is InChI=1S/C22H27BrN2O3S/c1-15-11-16(2)14-25(13-15)29(27,28)21-6-4-5-19(12-21)22(26)24-17(3)18-7-9-20(23)10-8-18/h4-10,12,15-17H,11,13-14H2,1-3H3,(H,24,26). The molecule has 0 aromatic heterocycles. The molecule has 2 aromatic carbocycles. The Balaban J connectivity index is 1.77. The van der Waals surface area contributed by atoms with Crippen LogP contribution < -0.4 is 5.32 Å². The molecule has 0 radical (unpaired) electrons. The zero-order valence-corrected chi connectivity index (χ0v) is 19.3. The monoisotopic (exact) mass is 478 g/mol. The molecule has 5 nitrogen and oxygen atoms in total. The third kappa shape index (κ3) is 5.27. The fourth-order valence-corrected chi connectivity index (χ4v) is 5.85. The minimum Gasteiger partial charge on any atom is -0.346 e. The second-order valence-corrected chi connectivity index (χ2v) is 10.9. The van der Waals surface area contributed by atoms with Crippen molar-refractivity contribution in [2.24, 2.45) is 11.8 Å². The van der Waals surface area contributed by atoms with Crippen molar-refractivity contribution < 1.29 is 13.2 Å². The van der Waals surface area contributed by atoms with Crippen molar-refractivity contribution in [3.8, 4) is 0 Å². The molecule has 2 aromatic rings. The summed E-state index contributed by atoms with van der Waals surface area (Å²) in [5.74, 6) is 0.358. The third-order valence-corrected chi connectivity index (χ3v) is 7.64. The highest BCUT2D eigenvalue weighted by Crippen LogP contribution is 2.27. The lowest BCUT2D eigenvalue weighted by Gasteiger charge is -2.34. The van der Waals surface area contributed by atoms with E-state index in [4.69, 9.17) is 0 Å². The van der Waals surface area contributed by atoms with Crippen molar-refractivity contribution in [3.05, 3.63) is 64.1 Å². The fraction of sp³-hybridized carbons (Fsp3) is 0.409. The summed E-state index contributed by atoms with van der Waals surface area (Å²) in [4.78, 5) is 12.9. The number of halogens is 1. The molecule has 1 heterocycles. The van der Waals surface area contributed by atoms with Crippen LogP contribution in [0, 0.1) is 11.8 Å². The summed E-state index contributed by atoms with van der Waals surface area (Å²) in [7, 11) is -3.62. The number of amides is 1. The second-order valence-electron chi connectivity index (χ2n) is 8.04. The number of carbonyl (C=O) groups is 1. The molecule has 0 saturated carbocycles. The first-order valence-electron chi connectivity index (χ1n) is 9.83. The minimum absolute atomic E-state index is 0.169. The number of sulfonamides is 1. The van der Waals surface area contributed by atoms with Crippen LogP contribution >= 0.6 is 15.9 Å². The molecule has 1 amide bonds. The smallest absolute Gasteiger partial charge is 0.251 e. The van der Waals surface area contributed by atoms with Crippen molar-refractivity contribution in [3.63, 3.8) is 0 Å². The lowest BCUT2D eigenvalue weighted by Crippen LogP contribution is -2.42. The van der Waals surface area contributed by atoms with Gasteiger partial charge >= 0.3 is 0 Å². The second kappa shape index (κ2) is 8.98. The molecular formula is C22H27BrN2O3S. The van der Waals surface area contributed by atoms with E-state index >= 15 is 0 Å². The highest BCUT2D eigenvalue weighted by Gasteiger charge is 2.32. The molecule has 0 aliphatic carbocycles. The zero-order valence-electron chi connectivity index (χ0n) is 16.9. The number of piperidine rings is 1. The fourth-order valence-electron chi connectivity index (χ4n) is 3.86. The first-order valence-corrected chi connectivity index (χ1v) is 12.1. The third-order valence-electron chi connectivity index (χ3n) is 5.29. The minimum atomic E-state index is -3.62. The first-order chi connectivity index (χ1) is 13.7. The Hall–Kier alpha value is -1.70. The van der Waals surface area contributed by atoms with E-state index in [2.05, 4.69) is 35.1 Å². The van der Waals surface area contributed by atoms with Crippen LogP contribution in [0.15, 0.2) is 57.9 Å². The normalized spacial score (nSPS) is 21.5. The molecule has 29 heavy (non-hydrogen) atoms. The molecule has 3 unspecified atom stereocenters. The highest BCUT2D eigenvalue weighted by molar-refractivity contribution is 9.10. The number of hydrogen-bond acceptors (Lipinski definition) is 3. The number of nitrogens with one attached hydrogen (secondary N) is 1. The summed E-state index contributed by atoms with van der Waals surface area (Å²) in [5.41, 5.74) is 1.31. The molecule has 7 heteroatoms. The van der Waals surface area contributed by atoms with Gasteiger partial charge in [-0.3, -0.25) is 4.79 Å². The molecule has 156 valence electrons. The van der Waals surface area contributed by atoms with Gasteiger partial charge in [0.15, 0.2) is 0 Å². The van der Waals surface area contributed by atoms with Crippen LogP contribution in [0.2, 0.25) is 0 Å². The van der Waals surface area contributed by atoms with Crippen molar-refractivity contribution in [2.45, 2.75) is 38.1 Å². The quantitative estimate of drug-likeness (QED) is 0.682. The van der Waals surface area contributed by atoms with Crippen molar-refractivity contribution >= 4 is 31.9 Å². The van der Waals surface area contributed by atoms with E-state index in [1.165, 1.54) is 6.07 Å². The SMILES string of the molecule is CC1CC(C)CN(S(=O)(=O)c2cccc(C(=O)NC(C)c3ccc(Br)cc3)c2)C1. The Bertz CT molecular complexity index is 966. The summed E-state index contributed by atoms with van der Waals surface area (Å²) >= 11 is 3.40. The maximum absolute atomic E-state index is 13.1. The van der Waals surface area contributed by atoms with Crippen LogP contribution in [-0.2, 0) is 10.0 Å². The van der Waals surface area contributed by atoms with Gasteiger partial charge in [-0.25, -0.2) is 8.42 Å². The van der Waals surface area contributed by atoms with Gasteiger partial charge in [0, 0.05) is 23.1 Å². The molecular weight excluding hydrogens is 452 g/mol. The molecule has 1 N–H and O–H groups in total. The average molecular weight is 479 g/mol. The van der Waals surface area contributed by atoms with Crippen LogP contribution in [0.3, 0.4) is 0 Å². The lowest BCUT2D eigenvalue weighted by molar-refractivity contribution is 0.0939. The topological polar surface area (TPSA) is 66.5 Å². The lowest BCUT2D eigenvalue weighted by atomic mass is 9.94. The van der Waals surface area contributed by atoms with Gasteiger partial charge in [-0.1, -0.05) is 48.0 Å². The van der Waals surface area contributed by atoms with E-state index < -0.39 is 10.0 Å². The summed E-state index contributed by atoms with van der Waals surface area (Å²) < 4.78 is 28.8. The van der Waals surface area contributed by atoms with E-state index in [1.54, 1.807) is 22.5 Å². The predicted octanol–water partition coefficient (Wildman–Crippen LogP) is 4.61.